The average Bonchev–Trinajstić information content (AvgIpc) is 2.63. The van der Waals surface area contributed by atoms with Crippen LogP contribution in [-0.2, 0) is 0 Å². The van der Waals surface area contributed by atoms with Gasteiger partial charge in [-0.1, -0.05) is 23.7 Å². The maximum atomic E-state index is 12.0. The van der Waals surface area contributed by atoms with Gasteiger partial charge in [-0.25, -0.2) is 0 Å². The Morgan fingerprint density at radius 3 is 2.73 bits per heavy atom. The largest absolute Gasteiger partial charge is 0.469 e. The van der Waals surface area contributed by atoms with Crippen molar-refractivity contribution in [3.63, 3.8) is 0 Å². The first kappa shape index (κ1) is 9.99. The number of rotatable bonds is 2. The molecular weight excluding hydrogens is 212 g/mol. The fourth-order valence-corrected chi connectivity index (χ4v) is 1.60. The summed E-state index contributed by atoms with van der Waals surface area (Å²) in [5, 5.41) is 0.557. The van der Waals surface area contributed by atoms with Gasteiger partial charge in [0.25, 0.3) is 0 Å². The monoisotopic (exact) mass is 220 g/mol. The maximum Gasteiger partial charge on any atom is 0.196 e. The molecule has 76 valence electrons. The van der Waals surface area contributed by atoms with Crippen molar-refractivity contribution in [2.75, 3.05) is 0 Å². The Balaban J connectivity index is 2.41. The summed E-state index contributed by atoms with van der Waals surface area (Å²) in [5.74, 6) is 0.559. The van der Waals surface area contributed by atoms with Crippen molar-refractivity contribution in [1.29, 1.82) is 0 Å². The zero-order valence-corrected chi connectivity index (χ0v) is 8.91. The summed E-state index contributed by atoms with van der Waals surface area (Å²) in [6, 6.07) is 8.54. The molecule has 0 aliphatic heterocycles. The molecule has 0 aliphatic rings. The molecule has 0 atom stereocenters. The van der Waals surface area contributed by atoms with Crippen molar-refractivity contribution in [2.24, 2.45) is 0 Å². The van der Waals surface area contributed by atoms with E-state index in [9.17, 15) is 4.79 Å². The molecule has 0 bridgehead atoms. The molecular formula is C12H9ClO2. The minimum absolute atomic E-state index is 0.0660. The summed E-state index contributed by atoms with van der Waals surface area (Å²) >= 11 is 5.81. The number of halogens is 1. The Bertz CT molecular complexity index is 500. The molecule has 0 N–H and O–H groups in total. The molecule has 15 heavy (non-hydrogen) atoms. The molecule has 1 heterocycles. The van der Waals surface area contributed by atoms with E-state index in [1.807, 2.05) is 0 Å². The third kappa shape index (κ3) is 1.95. The van der Waals surface area contributed by atoms with Crippen LogP contribution in [0.4, 0.5) is 0 Å². The Kier molecular flexibility index (Phi) is 2.60. The highest BCUT2D eigenvalue weighted by molar-refractivity contribution is 6.31. The average molecular weight is 221 g/mol. The van der Waals surface area contributed by atoms with Crippen LogP contribution in [0.1, 0.15) is 21.7 Å². The van der Waals surface area contributed by atoms with E-state index in [4.69, 9.17) is 16.0 Å². The van der Waals surface area contributed by atoms with Crippen molar-refractivity contribution in [3.8, 4) is 0 Å². The van der Waals surface area contributed by atoms with Crippen LogP contribution in [0, 0.1) is 6.92 Å². The third-order valence-electron chi connectivity index (χ3n) is 2.19. The van der Waals surface area contributed by atoms with Crippen molar-refractivity contribution in [1.82, 2.24) is 0 Å². The van der Waals surface area contributed by atoms with Crippen molar-refractivity contribution in [3.05, 3.63) is 58.5 Å². The summed E-state index contributed by atoms with van der Waals surface area (Å²) in [6.07, 6.45) is 1.51. The van der Waals surface area contributed by atoms with Gasteiger partial charge >= 0.3 is 0 Å². The second-order valence-electron chi connectivity index (χ2n) is 3.23. The Morgan fingerprint density at radius 1 is 1.33 bits per heavy atom. The van der Waals surface area contributed by atoms with Crippen LogP contribution in [0.2, 0.25) is 5.02 Å². The molecule has 0 saturated heterocycles. The van der Waals surface area contributed by atoms with E-state index in [0.29, 0.717) is 21.9 Å². The molecule has 2 aromatic rings. The Labute approximate surface area is 92.5 Å². The number of carbonyl (C=O) groups is 1. The third-order valence-corrected chi connectivity index (χ3v) is 2.43. The lowest BCUT2D eigenvalue weighted by molar-refractivity contribution is 0.103. The van der Waals surface area contributed by atoms with E-state index in [0.717, 1.165) is 0 Å². The second kappa shape index (κ2) is 3.91. The van der Waals surface area contributed by atoms with E-state index < -0.39 is 0 Å². The first-order chi connectivity index (χ1) is 7.18. The maximum absolute atomic E-state index is 12.0. The highest BCUT2D eigenvalue weighted by Gasteiger charge is 2.13. The van der Waals surface area contributed by atoms with Crippen LogP contribution >= 0.6 is 11.6 Å². The quantitative estimate of drug-likeness (QED) is 0.726. The fourth-order valence-electron chi connectivity index (χ4n) is 1.41. The fraction of sp³-hybridized carbons (Fsp3) is 0.0833. The van der Waals surface area contributed by atoms with Gasteiger partial charge in [0.1, 0.15) is 5.76 Å². The van der Waals surface area contributed by atoms with Gasteiger partial charge < -0.3 is 4.42 Å². The molecule has 0 radical (unpaired) electrons. The lowest BCUT2D eigenvalue weighted by atomic mass is 10.0. The van der Waals surface area contributed by atoms with Crippen LogP contribution < -0.4 is 0 Å². The summed E-state index contributed by atoms with van der Waals surface area (Å²) < 4.78 is 5.08. The SMILES string of the molecule is Cc1occc1C(=O)c1cccc(Cl)c1. The van der Waals surface area contributed by atoms with Gasteiger partial charge in [-0.15, -0.1) is 0 Å². The summed E-state index contributed by atoms with van der Waals surface area (Å²) in [7, 11) is 0. The number of ketones is 1. The summed E-state index contributed by atoms with van der Waals surface area (Å²) in [5.41, 5.74) is 1.16. The zero-order valence-electron chi connectivity index (χ0n) is 8.16. The van der Waals surface area contributed by atoms with Gasteiger partial charge in [-0.3, -0.25) is 4.79 Å². The first-order valence-electron chi connectivity index (χ1n) is 4.53. The van der Waals surface area contributed by atoms with E-state index in [2.05, 4.69) is 0 Å². The number of hydrogen-bond acceptors (Lipinski definition) is 2. The normalized spacial score (nSPS) is 10.3. The molecule has 0 amide bonds. The van der Waals surface area contributed by atoms with Crippen LogP contribution in [0.3, 0.4) is 0 Å². The van der Waals surface area contributed by atoms with Crippen molar-refractivity contribution >= 4 is 17.4 Å². The molecule has 3 heteroatoms. The van der Waals surface area contributed by atoms with Crippen LogP contribution in [0.25, 0.3) is 0 Å². The highest BCUT2D eigenvalue weighted by atomic mass is 35.5. The molecule has 1 aromatic carbocycles. The van der Waals surface area contributed by atoms with Crippen LogP contribution in [-0.4, -0.2) is 5.78 Å². The van der Waals surface area contributed by atoms with E-state index in [-0.39, 0.29) is 5.78 Å². The van der Waals surface area contributed by atoms with Gasteiger partial charge in [0.05, 0.1) is 11.8 Å². The minimum atomic E-state index is -0.0660. The molecule has 0 saturated carbocycles. The van der Waals surface area contributed by atoms with E-state index >= 15 is 0 Å². The van der Waals surface area contributed by atoms with Crippen molar-refractivity contribution in [2.45, 2.75) is 6.92 Å². The van der Waals surface area contributed by atoms with Gasteiger partial charge in [0.15, 0.2) is 5.78 Å². The molecule has 0 spiro atoms. The zero-order chi connectivity index (χ0) is 10.8. The lowest BCUT2D eigenvalue weighted by Crippen LogP contribution is -2.00. The van der Waals surface area contributed by atoms with Crippen molar-refractivity contribution < 1.29 is 9.21 Å². The predicted octanol–water partition coefficient (Wildman–Crippen LogP) is 3.47. The number of aryl methyl sites for hydroxylation is 1. The smallest absolute Gasteiger partial charge is 0.196 e. The molecule has 0 unspecified atom stereocenters. The summed E-state index contributed by atoms with van der Waals surface area (Å²) in [4.78, 5) is 12.0. The van der Waals surface area contributed by atoms with Gasteiger partial charge in [-0.2, -0.15) is 0 Å². The lowest BCUT2D eigenvalue weighted by Gasteiger charge is -1.99. The van der Waals surface area contributed by atoms with Gasteiger partial charge in [0, 0.05) is 10.6 Å². The second-order valence-corrected chi connectivity index (χ2v) is 3.67. The highest BCUT2D eigenvalue weighted by Crippen LogP contribution is 2.17. The predicted molar refractivity (Wildman–Crippen MR) is 58.3 cm³/mol. The Hall–Kier alpha value is -1.54. The van der Waals surface area contributed by atoms with E-state index in [1.54, 1.807) is 37.3 Å². The van der Waals surface area contributed by atoms with Gasteiger partial charge in [-0.05, 0) is 25.1 Å². The molecule has 0 aliphatic carbocycles. The van der Waals surface area contributed by atoms with Crippen LogP contribution in [0.15, 0.2) is 41.0 Å². The topological polar surface area (TPSA) is 30.2 Å². The number of hydrogen-bond donors (Lipinski definition) is 0. The summed E-state index contributed by atoms with van der Waals surface area (Å²) in [6.45, 7) is 1.76. The molecule has 2 nitrogen and oxygen atoms in total. The van der Waals surface area contributed by atoms with Gasteiger partial charge in [0.2, 0.25) is 0 Å². The Morgan fingerprint density at radius 2 is 2.13 bits per heavy atom. The standard InChI is InChI=1S/C12H9ClO2/c1-8-11(5-6-15-8)12(14)9-3-2-4-10(13)7-9/h2-7H,1H3. The number of benzene rings is 1. The number of carbonyl (C=O) groups excluding carboxylic acids is 1. The molecule has 2 rings (SSSR count). The molecule has 0 fully saturated rings. The van der Waals surface area contributed by atoms with Crippen LogP contribution in [0.5, 0.6) is 0 Å². The minimum Gasteiger partial charge on any atom is -0.469 e. The van der Waals surface area contributed by atoms with E-state index in [1.165, 1.54) is 6.26 Å². The first-order valence-corrected chi connectivity index (χ1v) is 4.90. The molecule has 1 aromatic heterocycles. The number of furan rings is 1.